The number of nitrogens with one attached hydrogen (secondary N) is 2. The molecular weight excluding hydrogens is 324 g/mol. The highest BCUT2D eigenvalue weighted by atomic mass is 16.5. The van der Waals surface area contributed by atoms with Gasteiger partial charge in [0, 0.05) is 24.5 Å². The van der Waals surface area contributed by atoms with Crippen LogP contribution in [0.1, 0.15) is 0 Å². The van der Waals surface area contributed by atoms with Crippen LogP contribution in [0.5, 0.6) is 11.5 Å². The summed E-state index contributed by atoms with van der Waals surface area (Å²) in [7, 11) is 3.07. The Morgan fingerprint density at radius 1 is 1.12 bits per heavy atom. The van der Waals surface area contributed by atoms with Crippen LogP contribution in [0, 0.1) is 0 Å². The van der Waals surface area contributed by atoms with Crippen LogP contribution in [-0.2, 0) is 0 Å². The lowest BCUT2D eigenvalue weighted by Crippen LogP contribution is -2.20. The van der Waals surface area contributed by atoms with Crippen molar-refractivity contribution in [2.45, 2.75) is 0 Å². The van der Waals surface area contributed by atoms with Crippen molar-refractivity contribution in [1.29, 1.82) is 0 Å². The molecule has 2 heterocycles. The van der Waals surface area contributed by atoms with E-state index < -0.39 is 6.03 Å². The van der Waals surface area contributed by atoms with E-state index in [2.05, 4.69) is 25.7 Å². The molecule has 25 heavy (non-hydrogen) atoms. The summed E-state index contributed by atoms with van der Waals surface area (Å²) < 4.78 is 11.9. The van der Waals surface area contributed by atoms with Gasteiger partial charge in [0.1, 0.15) is 23.6 Å². The van der Waals surface area contributed by atoms with Crippen LogP contribution in [0.4, 0.5) is 16.3 Å². The van der Waals surface area contributed by atoms with Gasteiger partial charge in [-0.05, 0) is 18.2 Å². The maximum Gasteiger partial charge on any atom is 0.324 e. The number of nitrogens with zero attached hydrogens (tertiary/aromatic N) is 4. The van der Waals surface area contributed by atoms with Crippen LogP contribution in [0.25, 0.3) is 5.82 Å². The van der Waals surface area contributed by atoms with E-state index in [-0.39, 0.29) is 0 Å². The molecule has 0 aliphatic heterocycles. The van der Waals surface area contributed by atoms with E-state index in [1.54, 1.807) is 54.5 Å². The van der Waals surface area contributed by atoms with Gasteiger partial charge in [-0.2, -0.15) is 5.10 Å². The summed E-state index contributed by atoms with van der Waals surface area (Å²) in [6.07, 6.45) is 4.73. The molecule has 3 aromatic rings. The average Bonchev–Trinajstić information content (AvgIpc) is 3.17. The summed E-state index contributed by atoms with van der Waals surface area (Å²) in [4.78, 5) is 20.3. The molecule has 0 unspecified atom stereocenters. The third kappa shape index (κ3) is 3.83. The molecule has 2 N–H and O–H groups in total. The first kappa shape index (κ1) is 16.2. The highest BCUT2D eigenvalue weighted by Crippen LogP contribution is 2.29. The zero-order valence-electron chi connectivity index (χ0n) is 13.6. The molecule has 3 rings (SSSR count). The van der Waals surface area contributed by atoms with Gasteiger partial charge < -0.3 is 14.8 Å². The molecule has 9 heteroatoms. The summed E-state index contributed by atoms with van der Waals surface area (Å²) in [6, 6.07) is 8.00. The van der Waals surface area contributed by atoms with Gasteiger partial charge >= 0.3 is 6.03 Å². The third-order valence-electron chi connectivity index (χ3n) is 3.29. The Balaban J connectivity index is 1.72. The average molecular weight is 340 g/mol. The number of carbonyl (C=O) groups excluding carboxylic acids is 1. The summed E-state index contributed by atoms with van der Waals surface area (Å²) in [6.45, 7) is 0. The standard InChI is InChI=1S/C16H16N6O3/c1-24-11-4-5-12(13(8-11)25-2)20-16(23)21-14-9-15(18-10-17-14)22-7-3-6-19-22/h3-10H,1-2H3,(H2,17,18,20,21,23). The molecule has 2 aromatic heterocycles. The molecule has 0 fully saturated rings. The maximum absolute atomic E-state index is 12.2. The van der Waals surface area contributed by atoms with E-state index in [0.717, 1.165) is 0 Å². The molecule has 0 spiro atoms. The lowest BCUT2D eigenvalue weighted by molar-refractivity contribution is 0.262. The monoisotopic (exact) mass is 340 g/mol. The molecule has 0 bridgehead atoms. The van der Waals surface area contributed by atoms with Crippen LogP contribution in [0.3, 0.4) is 0 Å². The number of carbonyl (C=O) groups is 1. The first-order valence-electron chi connectivity index (χ1n) is 7.31. The molecule has 1 aromatic carbocycles. The van der Waals surface area contributed by atoms with E-state index in [0.29, 0.717) is 28.8 Å². The van der Waals surface area contributed by atoms with Crippen molar-refractivity contribution in [3.63, 3.8) is 0 Å². The highest BCUT2D eigenvalue weighted by Gasteiger charge is 2.10. The second-order valence-electron chi connectivity index (χ2n) is 4.86. The first-order chi connectivity index (χ1) is 12.2. The van der Waals surface area contributed by atoms with Gasteiger partial charge in [0.05, 0.1) is 19.9 Å². The molecule has 0 saturated carbocycles. The minimum absolute atomic E-state index is 0.338. The number of methoxy groups -OCH3 is 2. The normalized spacial score (nSPS) is 10.2. The van der Waals surface area contributed by atoms with Crippen molar-refractivity contribution >= 4 is 17.5 Å². The predicted molar refractivity (Wildman–Crippen MR) is 91.3 cm³/mol. The van der Waals surface area contributed by atoms with Crippen molar-refractivity contribution < 1.29 is 14.3 Å². The van der Waals surface area contributed by atoms with Gasteiger partial charge in [-0.25, -0.2) is 19.4 Å². The van der Waals surface area contributed by atoms with Gasteiger partial charge in [0.25, 0.3) is 0 Å². The third-order valence-corrected chi connectivity index (χ3v) is 3.29. The number of rotatable bonds is 5. The Labute approximate surface area is 143 Å². The molecule has 0 saturated heterocycles. The second kappa shape index (κ2) is 7.30. The zero-order valence-corrected chi connectivity index (χ0v) is 13.6. The van der Waals surface area contributed by atoms with Crippen LogP contribution < -0.4 is 20.1 Å². The van der Waals surface area contributed by atoms with Gasteiger partial charge in [0.15, 0.2) is 5.82 Å². The summed E-state index contributed by atoms with van der Waals surface area (Å²) in [5.41, 5.74) is 0.502. The fraction of sp³-hybridized carbons (Fsp3) is 0.125. The molecule has 2 amide bonds. The zero-order chi connectivity index (χ0) is 17.6. The fourth-order valence-corrected chi connectivity index (χ4v) is 2.12. The highest BCUT2D eigenvalue weighted by molar-refractivity contribution is 6.00. The molecule has 0 atom stereocenters. The first-order valence-corrected chi connectivity index (χ1v) is 7.31. The summed E-state index contributed by atoms with van der Waals surface area (Å²) >= 11 is 0. The SMILES string of the molecule is COc1ccc(NC(=O)Nc2cc(-n3cccn3)ncn2)c(OC)c1. The van der Waals surface area contributed by atoms with Gasteiger partial charge in [-0.3, -0.25) is 5.32 Å². The van der Waals surface area contributed by atoms with Crippen LogP contribution in [0.2, 0.25) is 0 Å². The molecule has 0 aliphatic rings. The number of amides is 2. The smallest absolute Gasteiger partial charge is 0.324 e. The quantitative estimate of drug-likeness (QED) is 0.739. The maximum atomic E-state index is 12.2. The number of hydrogen-bond acceptors (Lipinski definition) is 6. The van der Waals surface area contributed by atoms with E-state index in [9.17, 15) is 4.79 Å². The number of aromatic nitrogens is 4. The number of anilines is 2. The molecule has 128 valence electrons. The van der Waals surface area contributed by atoms with Crippen molar-refractivity contribution in [3.05, 3.63) is 49.1 Å². The summed E-state index contributed by atoms with van der Waals surface area (Å²) in [5.74, 6) is 1.99. The Morgan fingerprint density at radius 3 is 2.72 bits per heavy atom. The Hall–Kier alpha value is -3.62. The van der Waals surface area contributed by atoms with Crippen molar-refractivity contribution in [1.82, 2.24) is 19.7 Å². The Kier molecular flexibility index (Phi) is 4.74. The Bertz CT molecular complexity index is 866. The van der Waals surface area contributed by atoms with E-state index >= 15 is 0 Å². The van der Waals surface area contributed by atoms with Crippen LogP contribution >= 0.6 is 0 Å². The van der Waals surface area contributed by atoms with Gasteiger partial charge in [-0.15, -0.1) is 0 Å². The number of urea groups is 1. The van der Waals surface area contributed by atoms with E-state index in [1.807, 2.05) is 0 Å². The minimum atomic E-state index is -0.464. The van der Waals surface area contributed by atoms with Gasteiger partial charge in [0.2, 0.25) is 0 Å². The number of benzene rings is 1. The van der Waals surface area contributed by atoms with Crippen LogP contribution in [0.15, 0.2) is 49.1 Å². The van der Waals surface area contributed by atoms with Crippen LogP contribution in [-0.4, -0.2) is 40.0 Å². The number of ether oxygens (including phenoxy) is 2. The summed E-state index contributed by atoms with van der Waals surface area (Å²) in [5, 5.41) is 9.43. The van der Waals surface area contributed by atoms with E-state index in [4.69, 9.17) is 9.47 Å². The largest absolute Gasteiger partial charge is 0.497 e. The molecule has 0 radical (unpaired) electrons. The predicted octanol–water partition coefficient (Wildman–Crippen LogP) is 2.32. The number of hydrogen-bond donors (Lipinski definition) is 2. The minimum Gasteiger partial charge on any atom is -0.497 e. The second-order valence-corrected chi connectivity index (χ2v) is 4.86. The molecule has 0 aliphatic carbocycles. The topological polar surface area (TPSA) is 103 Å². The molecular formula is C16H16N6O3. The van der Waals surface area contributed by atoms with Crippen molar-refractivity contribution in [3.8, 4) is 17.3 Å². The Morgan fingerprint density at radius 2 is 2.00 bits per heavy atom. The van der Waals surface area contributed by atoms with E-state index in [1.165, 1.54) is 13.4 Å². The lowest BCUT2D eigenvalue weighted by Gasteiger charge is -2.12. The lowest BCUT2D eigenvalue weighted by atomic mass is 10.2. The molecule has 9 nitrogen and oxygen atoms in total. The fourth-order valence-electron chi connectivity index (χ4n) is 2.12. The van der Waals surface area contributed by atoms with Gasteiger partial charge in [-0.1, -0.05) is 0 Å². The van der Waals surface area contributed by atoms with Crippen molar-refractivity contribution in [2.24, 2.45) is 0 Å². The van der Waals surface area contributed by atoms with Crippen molar-refractivity contribution in [2.75, 3.05) is 24.9 Å².